The Bertz CT molecular complexity index is 612. The van der Waals surface area contributed by atoms with Crippen molar-refractivity contribution in [1.29, 1.82) is 0 Å². The van der Waals surface area contributed by atoms with E-state index in [1.165, 1.54) is 17.3 Å². The van der Waals surface area contributed by atoms with Crippen LogP contribution >= 0.6 is 22.6 Å². The maximum atomic E-state index is 11.7. The molecule has 19 heavy (non-hydrogen) atoms. The summed E-state index contributed by atoms with van der Waals surface area (Å²) in [7, 11) is 0. The monoisotopic (exact) mass is 371 g/mol. The van der Waals surface area contributed by atoms with E-state index in [9.17, 15) is 9.59 Å². The largest absolute Gasteiger partial charge is 0.328 e. The first-order valence-corrected chi connectivity index (χ1v) is 6.37. The van der Waals surface area contributed by atoms with Gasteiger partial charge in [-0.3, -0.25) is 15.0 Å². The average Bonchev–Trinajstić information content (AvgIpc) is 2.85. The fourth-order valence-electron chi connectivity index (χ4n) is 1.37. The van der Waals surface area contributed by atoms with E-state index in [4.69, 9.17) is 0 Å². The quantitative estimate of drug-likeness (QED) is 0.607. The minimum Gasteiger partial charge on any atom is -0.317 e. The number of nitrogens with zero attached hydrogens (tertiary/aromatic N) is 3. The van der Waals surface area contributed by atoms with Crippen molar-refractivity contribution in [2.24, 2.45) is 0 Å². The zero-order chi connectivity index (χ0) is 13.8. The summed E-state index contributed by atoms with van der Waals surface area (Å²) in [6.45, 7) is 1.86. The van der Waals surface area contributed by atoms with Crippen LogP contribution in [-0.4, -0.2) is 26.7 Å². The molecule has 1 heterocycles. The van der Waals surface area contributed by atoms with Gasteiger partial charge in [0.05, 0.1) is 0 Å². The number of carbonyl (C=O) groups is 2. The second kappa shape index (κ2) is 5.78. The van der Waals surface area contributed by atoms with E-state index < -0.39 is 11.8 Å². The molecule has 0 bridgehead atoms. The highest BCUT2D eigenvalue weighted by Crippen LogP contribution is 2.17. The van der Waals surface area contributed by atoms with Crippen LogP contribution in [0.4, 0.5) is 5.69 Å². The van der Waals surface area contributed by atoms with Gasteiger partial charge in [-0.25, -0.2) is 4.68 Å². The molecule has 2 N–H and O–H groups in total. The molecule has 0 aliphatic heterocycles. The van der Waals surface area contributed by atoms with Gasteiger partial charge < -0.3 is 5.32 Å². The Morgan fingerprint density at radius 3 is 2.53 bits per heavy atom. The van der Waals surface area contributed by atoms with Crippen LogP contribution in [0.5, 0.6) is 0 Å². The highest BCUT2D eigenvalue weighted by molar-refractivity contribution is 14.1. The third-order valence-electron chi connectivity index (χ3n) is 2.29. The van der Waals surface area contributed by atoms with Gasteiger partial charge in [-0.1, -0.05) is 0 Å². The van der Waals surface area contributed by atoms with Crippen molar-refractivity contribution in [1.82, 2.24) is 14.9 Å². The van der Waals surface area contributed by atoms with Gasteiger partial charge in [0.2, 0.25) is 0 Å². The summed E-state index contributed by atoms with van der Waals surface area (Å²) in [6.07, 6.45) is 2.56. The number of rotatable bonds is 2. The minimum absolute atomic E-state index is 0.601. The first kappa shape index (κ1) is 13.5. The van der Waals surface area contributed by atoms with Gasteiger partial charge in [-0.05, 0) is 53.3 Å². The highest BCUT2D eigenvalue weighted by Gasteiger charge is 2.15. The molecule has 1 aromatic heterocycles. The van der Waals surface area contributed by atoms with Crippen molar-refractivity contribution in [2.45, 2.75) is 6.92 Å². The summed E-state index contributed by atoms with van der Waals surface area (Å²) >= 11 is 2.17. The van der Waals surface area contributed by atoms with Crippen LogP contribution in [0.15, 0.2) is 30.9 Å². The lowest BCUT2D eigenvalue weighted by Gasteiger charge is -2.08. The molecule has 0 saturated carbocycles. The highest BCUT2D eigenvalue weighted by atomic mass is 127. The minimum atomic E-state index is -0.794. The fraction of sp³-hybridized carbons (Fsp3) is 0.0909. The topological polar surface area (TPSA) is 88.9 Å². The van der Waals surface area contributed by atoms with E-state index >= 15 is 0 Å². The van der Waals surface area contributed by atoms with E-state index in [0.717, 1.165) is 9.13 Å². The molecule has 1 aromatic carbocycles. The Labute approximate surface area is 122 Å². The summed E-state index contributed by atoms with van der Waals surface area (Å²) in [4.78, 5) is 23.3. The Kier molecular flexibility index (Phi) is 4.10. The van der Waals surface area contributed by atoms with E-state index in [1.54, 1.807) is 6.07 Å². The molecule has 0 atom stereocenters. The lowest BCUT2D eigenvalue weighted by Crippen LogP contribution is -2.33. The first-order chi connectivity index (χ1) is 9.06. The molecular weight excluding hydrogens is 361 g/mol. The third kappa shape index (κ3) is 3.50. The van der Waals surface area contributed by atoms with E-state index in [-0.39, 0.29) is 0 Å². The number of anilines is 1. The molecular formula is C11H10IN5O2. The third-order valence-corrected chi connectivity index (χ3v) is 2.96. The van der Waals surface area contributed by atoms with Crippen molar-refractivity contribution >= 4 is 40.1 Å². The summed E-state index contributed by atoms with van der Waals surface area (Å²) in [5.74, 6) is -1.55. The van der Waals surface area contributed by atoms with Gasteiger partial charge in [-0.2, -0.15) is 0 Å². The molecule has 2 aromatic rings. The zero-order valence-corrected chi connectivity index (χ0v) is 12.1. The Hall–Kier alpha value is -1.97. The number of aromatic nitrogens is 3. The molecule has 0 radical (unpaired) electrons. The zero-order valence-electron chi connectivity index (χ0n) is 9.92. The predicted molar refractivity (Wildman–Crippen MR) is 76.9 cm³/mol. The van der Waals surface area contributed by atoms with E-state index in [0.29, 0.717) is 5.69 Å². The number of amides is 2. The smallest absolute Gasteiger partial charge is 0.317 e. The summed E-state index contributed by atoms with van der Waals surface area (Å²) < 4.78 is 2.25. The van der Waals surface area contributed by atoms with Crippen LogP contribution < -0.4 is 10.7 Å². The van der Waals surface area contributed by atoms with Gasteiger partial charge in [0.25, 0.3) is 0 Å². The van der Waals surface area contributed by atoms with Crippen molar-refractivity contribution in [2.75, 3.05) is 10.7 Å². The number of benzene rings is 1. The number of hydrogen-bond donors (Lipinski definition) is 2. The second-order valence-electron chi connectivity index (χ2n) is 3.72. The molecule has 0 spiro atoms. The number of nitrogens with one attached hydrogen (secondary N) is 2. The Morgan fingerprint density at radius 1 is 1.21 bits per heavy atom. The van der Waals surface area contributed by atoms with Gasteiger partial charge in [-0.15, -0.1) is 10.2 Å². The predicted octanol–water partition coefficient (Wildman–Crippen LogP) is 0.900. The van der Waals surface area contributed by atoms with Crippen LogP contribution in [0.2, 0.25) is 0 Å². The second-order valence-corrected chi connectivity index (χ2v) is 4.97. The lowest BCUT2D eigenvalue weighted by atomic mass is 10.2. The van der Waals surface area contributed by atoms with Gasteiger partial charge in [0, 0.05) is 9.26 Å². The molecule has 8 heteroatoms. The van der Waals surface area contributed by atoms with Gasteiger partial charge >= 0.3 is 11.8 Å². The molecule has 0 fully saturated rings. The summed E-state index contributed by atoms with van der Waals surface area (Å²) in [6, 6.07) is 5.51. The average molecular weight is 371 g/mol. The van der Waals surface area contributed by atoms with Crippen LogP contribution in [0.3, 0.4) is 0 Å². The molecule has 2 amide bonds. The van der Waals surface area contributed by atoms with E-state index in [2.05, 4.69) is 43.5 Å². The standard InChI is InChI=1S/C11H10IN5O2/c1-7-4-8(12)2-3-9(7)15-10(18)11(19)16-17-5-13-14-6-17/h2-6H,1H3,(H,15,18)(H,16,19). The first-order valence-electron chi connectivity index (χ1n) is 5.29. The summed E-state index contributed by atoms with van der Waals surface area (Å²) in [5, 5.41) is 9.56. The van der Waals surface area contributed by atoms with Gasteiger partial charge in [0.1, 0.15) is 12.7 Å². The molecule has 0 aliphatic carbocycles. The number of carbonyl (C=O) groups excluding carboxylic acids is 2. The van der Waals surface area contributed by atoms with Crippen LogP contribution in [0, 0.1) is 10.5 Å². The van der Waals surface area contributed by atoms with Crippen molar-refractivity contribution in [3.8, 4) is 0 Å². The van der Waals surface area contributed by atoms with Crippen molar-refractivity contribution < 1.29 is 9.59 Å². The fourth-order valence-corrected chi connectivity index (χ4v) is 2.02. The van der Waals surface area contributed by atoms with Crippen molar-refractivity contribution in [3.63, 3.8) is 0 Å². The number of halogens is 1. The Balaban J connectivity index is 2.02. The molecule has 98 valence electrons. The Morgan fingerprint density at radius 2 is 1.89 bits per heavy atom. The maximum absolute atomic E-state index is 11.7. The number of aryl methyl sites for hydroxylation is 1. The molecule has 7 nitrogen and oxygen atoms in total. The molecule has 2 rings (SSSR count). The van der Waals surface area contributed by atoms with Crippen molar-refractivity contribution in [3.05, 3.63) is 40.0 Å². The SMILES string of the molecule is Cc1cc(I)ccc1NC(=O)C(=O)Nn1cnnc1. The summed E-state index contributed by atoms with van der Waals surface area (Å²) in [5.41, 5.74) is 3.80. The van der Waals surface area contributed by atoms with Crippen LogP contribution in [0.25, 0.3) is 0 Å². The normalized spacial score (nSPS) is 10.0. The van der Waals surface area contributed by atoms with Crippen LogP contribution in [-0.2, 0) is 9.59 Å². The lowest BCUT2D eigenvalue weighted by molar-refractivity contribution is -0.133. The maximum Gasteiger partial charge on any atom is 0.328 e. The molecule has 0 saturated heterocycles. The van der Waals surface area contributed by atoms with E-state index in [1.807, 2.05) is 19.1 Å². The molecule has 0 aliphatic rings. The molecule has 0 unspecified atom stereocenters. The van der Waals surface area contributed by atoms with Crippen LogP contribution in [0.1, 0.15) is 5.56 Å². The number of hydrogen-bond acceptors (Lipinski definition) is 4. The van der Waals surface area contributed by atoms with Gasteiger partial charge in [0.15, 0.2) is 0 Å².